The summed E-state index contributed by atoms with van der Waals surface area (Å²) in [5.74, 6) is 0.626. The van der Waals surface area contributed by atoms with Crippen molar-refractivity contribution in [3.05, 3.63) is 5.89 Å². The van der Waals surface area contributed by atoms with Crippen LogP contribution in [0.3, 0.4) is 0 Å². The Balaban J connectivity index is 2.57. The molecule has 1 heterocycles. The van der Waals surface area contributed by atoms with Gasteiger partial charge >= 0.3 is 6.01 Å². The second-order valence-electron chi connectivity index (χ2n) is 4.44. The van der Waals surface area contributed by atoms with Crippen molar-refractivity contribution >= 4 is 6.01 Å². The van der Waals surface area contributed by atoms with E-state index in [-0.39, 0.29) is 0 Å². The van der Waals surface area contributed by atoms with Crippen LogP contribution in [0.5, 0.6) is 0 Å². The van der Waals surface area contributed by atoms with Crippen LogP contribution in [0.2, 0.25) is 0 Å². The minimum Gasteiger partial charge on any atom is -0.407 e. The van der Waals surface area contributed by atoms with Gasteiger partial charge < -0.3 is 19.4 Å². The Morgan fingerprint density at radius 3 is 2.78 bits per heavy atom. The molecule has 0 saturated carbocycles. The molecule has 0 aliphatic rings. The Kier molecular flexibility index (Phi) is 6.67. The van der Waals surface area contributed by atoms with E-state index in [1.54, 1.807) is 7.11 Å². The van der Waals surface area contributed by atoms with Crippen molar-refractivity contribution in [1.82, 2.24) is 15.5 Å². The summed E-state index contributed by atoms with van der Waals surface area (Å²) < 4.78 is 10.7. The van der Waals surface area contributed by atoms with Crippen LogP contribution in [0.1, 0.15) is 33.1 Å². The van der Waals surface area contributed by atoms with Crippen molar-refractivity contribution in [2.45, 2.75) is 39.8 Å². The average Bonchev–Trinajstić information content (AvgIpc) is 2.78. The molecular formula is C12H24N4O2. The Bertz CT molecular complexity index is 328. The summed E-state index contributed by atoms with van der Waals surface area (Å²) in [5.41, 5.74) is 0. The highest BCUT2D eigenvalue weighted by Gasteiger charge is 2.16. The summed E-state index contributed by atoms with van der Waals surface area (Å²) in [4.78, 5) is 2.04. The van der Waals surface area contributed by atoms with Gasteiger partial charge in [0, 0.05) is 19.7 Å². The lowest BCUT2D eigenvalue weighted by Crippen LogP contribution is -2.34. The van der Waals surface area contributed by atoms with Gasteiger partial charge in [0.05, 0.1) is 13.2 Å². The van der Waals surface area contributed by atoms with E-state index in [0.29, 0.717) is 31.1 Å². The zero-order chi connectivity index (χ0) is 13.4. The quantitative estimate of drug-likeness (QED) is 0.674. The lowest BCUT2D eigenvalue weighted by Gasteiger charge is -2.23. The molecule has 18 heavy (non-hydrogen) atoms. The third-order valence-electron chi connectivity index (χ3n) is 2.56. The van der Waals surface area contributed by atoms with Gasteiger partial charge in [-0.15, -0.1) is 5.10 Å². The predicted octanol–water partition coefficient (Wildman–Crippen LogP) is 1.43. The summed E-state index contributed by atoms with van der Waals surface area (Å²) in [7, 11) is 1.69. The second-order valence-corrected chi connectivity index (χ2v) is 4.44. The number of nitrogens with zero attached hydrogens (tertiary/aromatic N) is 3. The minimum absolute atomic E-state index is 0.303. The SMILES string of the molecule is CCCNCc1nnc(N(CCOC)C(C)C)o1. The summed E-state index contributed by atoms with van der Waals surface area (Å²) >= 11 is 0. The van der Waals surface area contributed by atoms with Gasteiger partial charge in [-0.25, -0.2) is 0 Å². The van der Waals surface area contributed by atoms with Crippen LogP contribution in [0, 0.1) is 0 Å². The fourth-order valence-electron chi connectivity index (χ4n) is 1.57. The maximum atomic E-state index is 5.64. The highest BCUT2D eigenvalue weighted by Crippen LogP contribution is 2.14. The molecule has 0 bridgehead atoms. The van der Waals surface area contributed by atoms with Gasteiger partial charge in [0.2, 0.25) is 5.89 Å². The first-order chi connectivity index (χ1) is 8.69. The van der Waals surface area contributed by atoms with Crippen molar-refractivity contribution in [3.63, 3.8) is 0 Å². The van der Waals surface area contributed by atoms with Crippen molar-refractivity contribution in [2.75, 3.05) is 31.7 Å². The fraction of sp³-hybridized carbons (Fsp3) is 0.833. The fourth-order valence-corrected chi connectivity index (χ4v) is 1.57. The van der Waals surface area contributed by atoms with Crippen molar-refractivity contribution < 1.29 is 9.15 Å². The molecule has 1 rings (SSSR count). The smallest absolute Gasteiger partial charge is 0.318 e. The van der Waals surface area contributed by atoms with E-state index in [4.69, 9.17) is 9.15 Å². The van der Waals surface area contributed by atoms with Crippen LogP contribution in [0.15, 0.2) is 4.42 Å². The zero-order valence-corrected chi connectivity index (χ0v) is 11.8. The summed E-state index contributed by atoms with van der Waals surface area (Å²) in [5, 5.41) is 11.4. The molecule has 0 aliphatic carbocycles. The molecule has 1 aromatic heterocycles. The Morgan fingerprint density at radius 2 is 2.17 bits per heavy atom. The largest absolute Gasteiger partial charge is 0.407 e. The molecule has 6 heteroatoms. The van der Waals surface area contributed by atoms with Crippen LogP contribution < -0.4 is 10.2 Å². The second kappa shape index (κ2) is 8.05. The first-order valence-corrected chi connectivity index (χ1v) is 6.47. The van der Waals surface area contributed by atoms with E-state index in [9.17, 15) is 0 Å². The normalized spacial score (nSPS) is 11.2. The lowest BCUT2D eigenvalue weighted by molar-refractivity contribution is 0.202. The third kappa shape index (κ3) is 4.62. The molecule has 0 aliphatic heterocycles. The molecule has 0 atom stereocenters. The number of aromatic nitrogens is 2. The van der Waals surface area contributed by atoms with E-state index >= 15 is 0 Å². The lowest BCUT2D eigenvalue weighted by atomic mass is 10.3. The Hall–Kier alpha value is -1.14. The molecule has 0 amide bonds. The van der Waals surface area contributed by atoms with Gasteiger partial charge in [0.15, 0.2) is 0 Å². The van der Waals surface area contributed by atoms with Crippen molar-refractivity contribution in [1.29, 1.82) is 0 Å². The Morgan fingerprint density at radius 1 is 1.39 bits per heavy atom. The molecule has 1 N–H and O–H groups in total. The van der Waals surface area contributed by atoms with Gasteiger partial charge in [-0.2, -0.15) is 0 Å². The third-order valence-corrected chi connectivity index (χ3v) is 2.56. The van der Waals surface area contributed by atoms with Crippen LogP contribution in [-0.4, -0.2) is 43.0 Å². The van der Waals surface area contributed by atoms with Crippen LogP contribution in [-0.2, 0) is 11.3 Å². The van der Waals surface area contributed by atoms with Crippen LogP contribution in [0.4, 0.5) is 6.01 Å². The number of methoxy groups -OCH3 is 1. The van der Waals surface area contributed by atoms with Crippen molar-refractivity contribution in [2.24, 2.45) is 0 Å². The average molecular weight is 256 g/mol. The van der Waals surface area contributed by atoms with Gasteiger partial charge in [-0.1, -0.05) is 12.0 Å². The number of nitrogens with one attached hydrogen (secondary N) is 1. The van der Waals surface area contributed by atoms with Crippen LogP contribution >= 0.6 is 0 Å². The van der Waals surface area contributed by atoms with Crippen molar-refractivity contribution in [3.8, 4) is 0 Å². The molecule has 104 valence electrons. The molecule has 1 aromatic rings. The number of rotatable bonds is 9. The molecular weight excluding hydrogens is 232 g/mol. The zero-order valence-electron chi connectivity index (χ0n) is 11.8. The van der Waals surface area contributed by atoms with Gasteiger partial charge in [0.1, 0.15) is 0 Å². The predicted molar refractivity (Wildman–Crippen MR) is 70.7 cm³/mol. The summed E-state index contributed by atoms with van der Waals surface area (Å²) in [6.45, 7) is 9.27. The number of hydrogen-bond acceptors (Lipinski definition) is 6. The molecule has 0 fully saturated rings. The van der Waals surface area contributed by atoms with E-state index in [0.717, 1.165) is 19.5 Å². The van der Waals surface area contributed by atoms with Gasteiger partial charge in [0.25, 0.3) is 0 Å². The van der Waals surface area contributed by atoms with Gasteiger partial charge in [-0.05, 0) is 26.8 Å². The van der Waals surface area contributed by atoms with E-state index < -0.39 is 0 Å². The number of hydrogen-bond donors (Lipinski definition) is 1. The van der Waals surface area contributed by atoms with Gasteiger partial charge in [-0.3, -0.25) is 0 Å². The molecule has 0 unspecified atom stereocenters. The van der Waals surface area contributed by atoms with Crippen LogP contribution in [0.25, 0.3) is 0 Å². The topological polar surface area (TPSA) is 63.4 Å². The Labute approximate surface area is 109 Å². The minimum atomic E-state index is 0.303. The van der Waals surface area contributed by atoms with E-state index in [1.165, 1.54) is 0 Å². The van der Waals surface area contributed by atoms with E-state index in [2.05, 4.69) is 36.3 Å². The first kappa shape index (κ1) is 14.9. The maximum absolute atomic E-state index is 5.64. The monoisotopic (exact) mass is 256 g/mol. The first-order valence-electron chi connectivity index (χ1n) is 6.47. The number of ether oxygens (including phenoxy) is 1. The molecule has 0 aromatic carbocycles. The molecule has 0 saturated heterocycles. The molecule has 0 spiro atoms. The maximum Gasteiger partial charge on any atom is 0.318 e. The summed E-state index contributed by atoms with van der Waals surface area (Å²) in [6, 6.07) is 0.868. The standard InChI is InChI=1S/C12H24N4O2/c1-5-6-13-9-11-14-15-12(18-11)16(10(2)3)7-8-17-4/h10,13H,5-9H2,1-4H3. The highest BCUT2D eigenvalue weighted by molar-refractivity contribution is 5.25. The molecule has 0 radical (unpaired) electrons. The molecule has 6 nitrogen and oxygen atoms in total. The highest BCUT2D eigenvalue weighted by atomic mass is 16.5. The summed E-state index contributed by atoms with van der Waals surface area (Å²) in [6.07, 6.45) is 1.09. The van der Waals surface area contributed by atoms with E-state index in [1.807, 2.05) is 4.90 Å². The number of anilines is 1.